The Hall–Kier alpha value is -3.00. The number of nitrogens with one attached hydrogen (secondary N) is 1. The molecule has 0 bridgehead atoms. The van der Waals surface area contributed by atoms with Gasteiger partial charge in [0.2, 0.25) is 0 Å². The summed E-state index contributed by atoms with van der Waals surface area (Å²) < 4.78 is 4.92. The molecule has 0 aliphatic rings. The largest absolute Gasteiger partial charge is 0.462 e. The van der Waals surface area contributed by atoms with E-state index < -0.39 is 5.97 Å². The summed E-state index contributed by atoms with van der Waals surface area (Å²) in [6.45, 7) is 2.08. The number of ether oxygens (including phenoxy) is 1. The first kappa shape index (κ1) is 14.4. The Morgan fingerprint density at radius 1 is 1.29 bits per heavy atom. The topological polar surface area (TPSA) is 88.1 Å². The van der Waals surface area contributed by atoms with Crippen LogP contribution in [-0.2, 0) is 4.74 Å². The Labute approximate surface area is 123 Å². The third-order valence-corrected chi connectivity index (χ3v) is 2.86. The molecule has 3 N–H and O–H groups in total. The molecule has 106 valence electrons. The van der Waals surface area contributed by atoms with E-state index in [1.165, 1.54) is 0 Å². The summed E-state index contributed by atoms with van der Waals surface area (Å²) in [6.07, 6.45) is 0. The second-order valence-electron chi connectivity index (χ2n) is 4.34. The van der Waals surface area contributed by atoms with Crippen LogP contribution in [-0.4, -0.2) is 12.6 Å². The standard InChI is InChI=1S/C16H15N3O2/c1-2-21-16(20)12-5-8-15(14(18)9-12)19-13-6-3-11(10-17)4-7-13/h3-9,19H,2,18H2,1H3. The Kier molecular flexibility index (Phi) is 4.42. The summed E-state index contributed by atoms with van der Waals surface area (Å²) in [5.41, 5.74) is 8.89. The number of hydrogen-bond acceptors (Lipinski definition) is 5. The van der Waals surface area contributed by atoms with Crippen LogP contribution in [0.25, 0.3) is 0 Å². The number of anilines is 3. The van der Waals surface area contributed by atoms with Crippen LogP contribution in [0.5, 0.6) is 0 Å². The van der Waals surface area contributed by atoms with Gasteiger partial charge in [0.1, 0.15) is 0 Å². The van der Waals surface area contributed by atoms with Crippen molar-refractivity contribution in [3.63, 3.8) is 0 Å². The molecule has 2 aromatic rings. The van der Waals surface area contributed by atoms with Gasteiger partial charge in [0, 0.05) is 5.69 Å². The van der Waals surface area contributed by atoms with Gasteiger partial charge in [0.05, 0.1) is 35.2 Å². The van der Waals surface area contributed by atoms with Gasteiger partial charge in [0.15, 0.2) is 0 Å². The second kappa shape index (κ2) is 6.44. The molecule has 0 spiro atoms. The minimum Gasteiger partial charge on any atom is -0.462 e. The van der Waals surface area contributed by atoms with E-state index in [9.17, 15) is 4.79 Å². The van der Waals surface area contributed by atoms with Crippen LogP contribution in [0.1, 0.15) is 22.8 Å². The number of nitrogen functional groups attached to an aromatic ring is 1. The summed E-state index contributed by atoms with van der Waals surface area (Å²) in [5, 5.41) is 11.9. The number of esters is 1. The minimum atomic E-state index is -0.394. The average Bonchev–Trinajstić information content (AvgIpc) is 2.50. The zero-order valence-corrected chi connectivity index (χ0v) is 11.6. The normalized spacial score (nSPS) is 9.71. The number of rotatable bonds is 4. The first-order chi connectivity index (χ1) is 10.1. The van der Waals surface area contributed by atoms with Crippen LogP contribution >= 0.6 is 0 Å². The van der Waals surface area contributed by atoms with Crippen molar-refractivity contribution in [1.29, 1.82) is 5.26 Å². The van der Waals surface area contributed by atoms with E-state index >= 15 is 0 Å². The summed E-state index contributed by atoms with van der Waals surface area (Å²) in [5.74, 6) is -0.394. The van der Waals surface area contributed by atoms with Crippen molar-refractivity contribution in [1.82, 2.24) is 0 Å². The van der Waals surface area contributed by atoms with Crippen molar-refractivity contribution in [3.05, 3.63) is 53.6 Å². The molecule has 0 unspecified atom stereocenters. The molecule has 0 aliphatic carbocycles. The zero-order chi connectivity index (χ0) is 15.2. The van der Waals surface area contributed by atoms with Gasteiger partial charge in [0.25, 0.3) is 0 Å². The Morgan fingerprint density at radius 2 is 2.00 bits per heavy atom. The van der Waals surface area contributed by atoms with Crippen LogP contribution < -0.4 is 11.1 Å². The molecule has 2 rings (SSSR count). The fourth-order valence-electron chi connectivity index (χ4n) is 1.80. The van der Waals surface area contributed by atoms with E-state index in [0.717, 1.165) is 5.69 Å². The summed E-state index contributed by atoms with van der Waals surface area (Å²) in [4.78, 5) is 11.6. The molecule has 0 radical (unpaired) electrons. The molecule has 0 saturated heterocycles. The zero-order valence-electron chi connectivity index (χ0n) is 11.6. The molecule has 21 heavy (non-hydrogen) atoms. The van der Waals surface area contributed by atoms with Crippen LogP contribution in [0.15, 0.2) is 42.5 Å². The first-order valence-corrected chi connectivity index (χ1v) is 6.48. The van der Waals surface area contributed by atoms with Crippen LogP contribution in [0.3, 0.4) is 0 Å². The minimum absolute atomic E-state index is 0.323. The molecule has 0 fully saturated rings. The monoisotopic (exact) mass is 281 g/mol. The molecule has 0 amide bonds. The van der Waals surface area contributed by atoms with Gasteiger partial charge in [-0.3, -0.25) is 0 Å². The van der Waals surface area contributed by atoms with E-state index in [1.807, 2.05) is 0 Å². The molecule has 5 heteroatoms. The number of nitrogens with two attached hydrogens (primary N) is 1. The number of carbonyl (C=O) groups excluding carboxylic acids is 1. The van der Waals surface area contributed by atoms with E-state index in [0.29, 0.717) is 29.1 Å². The van der Waals surface area contributed by atoms with Gasteiger partial charge in [-0.2, -0.15) is 5.26 Å². The highest BCUT2D eigenvalue weighted by atomic mass is 16.5. The number of nitriles is 1. The van der Waals surface area contributed by atoms with Crippen LogP contribution in [0.4, 0.5) is 17.1 Å². The van der Waals surface area contributed by atoms with E-state index in [1.54, 1.807) is 49.4 Å². The Morgan fingerprint density at radius 3 is 2.57 bits per heavy atom. The lowest BCUT2D eigenvalue weighted by atomic mass is 10.1. The van der Waals surface area contributed by atoms with Crippen molar-refractivity contribution < 1.29 is 9.53 Å². The van der Waals surface area contributed by atoms with Gasteiger partial charge in [-0.1, -0.05) is 0 Å². The van der Waals surface area contributed by atoms with E-state index in [2.05, 4.69) is 11.4 Å². The van der Waals surface area contributed by atoms with Crippen LogP contribution in [0.2, 0.25) is 0 Å². The summed E-state index contributed by atoms with van der Waals surface area (Å²) in [6, 6.07) is 14.0. The van der Waals surface area contributed by atoms with Gasteiger partial charge >= 0.3 is 5.97 Å². The Bertz CT molecular complexity index is 688. The molecule has 2 aromatic carbocycles. The van der Waals surface area contributed by atoms with Crippen molar-refractivity contribution in [2.75, 3.05) is 17.7 Å². The number of benzene rings is 2. The molecule has 0 aromatic heterocycles. The molecule has 0 aliphatic heterocycles. The molecular formula is C16H15N3O2. The predicted octanol–water partition coefficient (Wildman–Crippen LogP) is 3.06. The Balaban J connectivity index is 2.17. The summed E-state index contributed by atoms with van der Waals surface area (Å²) in [7, 11) is 0. The number of hydrogen-bond donors (Lipinski definition) is 2. The van der Waals surface area contributed by atoms with Gasteiger partial charge in [-0.15, -0.1) is 0 Å². The van der Waals surface area contributed by atoms with Crippen molar-refractivity contribution >= 4 is 23.0 Å². The highest BCUT2D eigenvalue weighted by Crippen LogP contribution is 2.24. The van der Waals surface area contributed by atoms with Crippen LogP contribution in [0, 0.1) is 11.3 Å². The maximum absolute atomic E-state index is 11.6. The molecular weight excluding hydrogens is 266 g/mol. The van der Waals surface area contributed by atoms with Gasteiger partial charge in [-0.05, 0) is 49.4 Å². The lowest BCUT2D eigenvalue weighted by Gasteiger charge is -2.10. The van der Waals surface area contributed by atoms with Crippen molar-refractivity contribution in [2.45, 2.75) is 6.92 Å². The molecule has 5 nitrogen and oxygen atoms in total. The summed E-state index contributed by atoms with van der Waals surface area (Å²) >= 11 is 0. The van der Waals surface area contributed by atoms with Crippen molar-refractivity contribution in [2.24, 2.45) is 0 Å². The fraction of sp³-hybridized carbons (Fsp3) is 0.125. The maximum Gasteiger partial charge on any atom is 0.338 e. The molecule has 0 saturated carbocycles. The van der Waals surface area contributed by atoms with Gasteiger partial charge < -0.3 is 15.8 Å². The lowest BCUT2D eigenvalue weighted by Crippen LogP contribution is -2.06. The maximum atomic E-state index is 11.6. The van der Waals surface area contributed by atoms with Crippen molar-refractivity contribution in [3.8, 4) is 6.07 Å². The van der Waals surface area contributed by atoms with E-state index in [-0.39, 0.29) is 0 Å². The average molecular weight is 281 g/mol. The fourth-order valence-corrected chi connectivity index (χ4v) is 1.80. The first-order valence-electron chi connectivity index (χ1n) is 6.48. The smallest absolute Gasteiger partial charge is 0.338 e. The molecule has 0 atom stereocenters. The lowest BCUT2D eigenvalue weighted by molar-refractivity contribution is 0.0526. The number of nitrogens with zero attached hydrogens (tertiary/aromatic N) is 1. The SMILES string of the molecule is CCOC(=O)c1ccc(Nc2ccc(C#N)cc2)c(N)c1. The third-order valence-electron chi connectivity index (χ3n) is 2.86. The quantitative estimate of drug-likeness (QED) is 0.664. The van der Waals surface area contributed by atoms with Gasteiger partial charge in [-0.25, -0.2) is 4.79 Å². The second-order valence-corrected chi connectivity index (χ2v) is 4.34. The highest BCUT2D eigenvalue weighted by molar-refractivity contribution is 5.92. The third kappa shape index (κ3) is 3.51. The molecule has 0 heterocycles. The van der Waals surface area contributed by atoms with E-state index in [4.69, 9.17) is 15.7 Å². The highest BCUT2D eigenvalue weighted by Gasteiger charge is 2.09. The predicted molar refractivity (Wildman–Crippen MR) is 81.3 cm³/mol. The number of carbonyl (C=O) groups is 1.